The zero-order valence-electron chi connectivity index (χ0n) is 12.7. The number of aromatic nitrogens is 4. The van der Waals surface area contributed by atoms with Crippen LogP contribution in [0.1, 0.15) is 29.5 Å². The highest BCUT2D eigenvalue weighted by Crippen LogP contribution is 2.55. The molecule has 4 rings (SSSR count). The van der Waals surface area contributed by atoms with Crippen LogP contribution < -0.4 is 4.74 Å². The highest BCUT2D eigenvalue weighted by atomic mass is 35.5. The van der Waals surface area contributed by atoms with Gasteiger partial charge in [0.25, 0.3) is 0 Å². The topological polar surface area (TPSA) is 52.3 Å². The molecule has 1 aliphatic rings. The SMILES string of the molecule is FC(F)(F)COc1ccc([C@H]2C[C@@H]2c2cc(Cl)nn3ccnc23)nc1. The number of hydrogen-bond donors (Lipinski definition) is 0. The average Bonchev–Trinajstić information content (AvgIpc) is 3.22. The Labute approximate surface area is 145 Å². The van der Waals surface area contributed by atoms with Gasteiger partial charge in [-0.1, -0.05) is 11.6 Å². The predicted molar refractivity (Wildman–Crippen MR) is 83.9 cm³/mol. The van der Waals surface area contributed by atoms with Gasteiger partial charge in [0.1, 0.15) is 10.9 Å². The van der Waals surface area contributed by atoms with Crippen LogP contribution in [0, 0.1) is 0 Å². The monoisotopic (exact) mass is 368 g/mol. The van der Waals surface area contributed by atoms with Gasteiger partial charge in [-0.15, -0.1) is 0 Å². The Morgan fingerprint density at radius 2 is 2.08 bits per heavy atom. The smallest absolute Gasteiger partial charge is 0.422 e. The zero-order chi connectivity index (χ0) is 17.6. The lowest BCUT2D eigenvalue weighted by molar-refractivity contribution is -0.153. The van der Waals surface area contributed by atoms with E-state index in [1.165, 1.54) is 12.3 Å². The second-order valence-electron chi connectivity index (χ2n) is 5.89. The molecule has 0 aromatic carbocycles. The molecule has 1 aliphatic carbocycles. The summed E-state index contributed by atoms with van der Waals surface area (Å²) < 4.78 is 42.8. The Hall–Kier alpha value is -2.35. The summed E-state index contributed by atoms with van der Waals surface area (Å²) in [5.41, 5.74) is 2.55. The summed E-state index contributed by atoms with van der Waals surface area (Å²) in [5.74, 6) is 0.483. The van der Waals surface area contributed by atoms with Gasteiger partial charge in [0.05, 0.1) is 6.20 Å². The van der Waals surface area contributed by atoms with Gasteiger partial charge < -0.3 is 4.74 Å². The van der Waals surface area contributed by atoms with Crippen LogP contribution in [-0.4, -0.2) is 32.4 Å². The van der Waals surface area contributed by atoms with Crippen LogP contribution in [0.3, 0.4) is 0 Å². The van der Waals surface area contributed by atoms with Crippen molar-refractivity contribution in [3.63, 3.8) is 0 Å². The first-order valence-electron chi connectivity index (χ1n) is 7.56. The predicted octanol–water partition coefficient (Wildman–Crippen LogP) is 3.99. The maximum Gasteiger partial charge on any atom is 0.422 e. The van der Waals surface area contributed by atoms with Gasteiger partial charge >= 0.3 is 6.18 Å². The average molecular weight is 369 g/mol. The third-order valence-corrected chi connectivity index (χ3v) is 4.27. The summed E-state index contributed by atoms with van der Waals surface area (Å²) >= 11 is 6.05. The van der Waals surface area contributed by atoms with Crippen molar-refractivity contribution >= 4 is 17.2 Å². The van der Waals surface area contributed by atoms with E-state index in [0.717, 1.165) is 23.3 Å². The van der Waals surface area contributed by atoms with E-state index in [1.54, 1.807) is 29.0 Å². The second kappa shape index (κ2) is 5.87. The first-order valence-corrected chi connectivity index (χ1v) is 7.94. The number of hydrogen-bond acceptors (Lipinski definition) is 4. The van der Waals surface area contributed by atoms with Crippen molar-refractivity contribution < 1.29 is 17.9 Å². The molecule has 3 heterocycles. The number of rotatable bonds is 4. The van der Waals surface area contributed by atoms with Gasteiger partial charge in [0.15, 0.2) is 12.3 Å². The third-order valence-electron chi connectivity index (χ3n) is 4.09. The molecule has 1 fully saturated rings. The highest BCUT2D eigenvalue weighted by molar-refractivity contribution is 6.29. The minimum absolute atomic E-state index is 0.0980. The summed E-state index contributed by atoms with van der Waals surface area (Å²) in [6.45, 7) is -1.33. The van der Waals surface area contributed by atoms with E-state index in [2.05, 4.69) is 19.8 Å². The highest BCUT2D eigenvalue weighted by Gasteiger charge is 2.42. The third kappa shape index (κ3) is 3.39. The van der Waals surface area contributed by atoms with E-state index in [1.807, 2.05) is 0 Å². The summed E-state index contributed by atoms with van der Waals surface area (Å²) in [7, 11) is 0. The molecule has 25 heavy (non-hydrogen) atoms. The van der Waals surface area contributed by atoms with Crippen molar-refractivity contribution in [3.05, 3.63) is 53.2 Å². The fraction of sp³-hybridized carbons (Fsp3) is 0.312. The van der Waals surface area contributed by atoms with E-state index in [4.69, 9.17) is 11.6 Å². The van der Waals surface area contributed by atoms with Crippen molar-refractivity contribution in [1.82, 2.24) is 19.6 Å². The van der Waals surface area contributed by atoms with E-state index in [0.29, 0.717) is 5.15 Å². The number of pyridine rings is 1. The molecule has 1 saturated carbocycles. The fourth-order valence-electron chi connectivity index (χ4n) is 2.91. The Morgan fingerprint density at radius 1 is 1.24 bits per heavy atom. The Bertz CT molecular complexity index is 910. The Kier molecular flexibility index (Phi) is 3.79. The van der Waals surface area contributed by atoms with E-state index in [-0.39, 0.29) is 17.6 Å². The quantitative estimate of drug-likeness (QED) is 0.698. The maximum atomic E-state index is 12.2. The van der Waals surface area contributed by atoms with Crippen LogP contribution in [0.5, 0.6) is 5.75 Å². The van der Waals surface area contributed by atoms with Gasteiger partial charge in [-0.2, -0.15) is 18.3 Å². The molecule has 2 atom stereocenters. The second-order valence-corrected chi connectivity index (χ2v) is 6.28. The lowest BCUT2D eigenvalue weighted by Gasteiger charge is -2.09. The molecule has 0 saturated heterocycles. The van der Waals surface area contributed by atoms with Crippen LogP contribution in [0.15, 0.2) is 36.8 Å². The molecule has 0 unspecified atom stereocenters. The van der Waals surface area contributed by atoms with Crippen molar-refractivity contribution in [1.29, 1.82) is 0 Å². The molecule has 0 N–H and O–H groups in total. The lowest BCUT2D eigenvalue weighted by atomic mass is 10.1. The van der Waals surface area contributed by atoms with E-state index < -0.39 is 12.8 Å². The summed E-state index contributed by atoms with van der Waals surface area (Å²) in [6, 6.07) is 5.01. The number of imidazole rings is 1. The molecule has 0 radical (unpaired) electrons. The number of ether oxygens (including phenoxy) is 1. The summed E-state index contributed by atoms with van der Waals surface area (Å²) in [5, 5.41) is 4.54. The number of fused-ring (bicyclic) bond motifs is 1. The largest absolute Gasteiger partial charge is 0.483 e. The summed E-state index contributed by atoms with van der Waals surface area (Å²) in [4.78, 5) is 8.54. The van der Waals surface area contributed by atoms with Crippen molar-refractivity contribution in [2.24, 2.45) is 0 Å². The van der Waals surface area contributed by atoms with Gasteiger partial charge in [-0.05, 0) is 30.5 Å². The van der Waals surface area contributed by atoms with E-state index >= 15 is 0 Å². The molecule has 5 nitrogen and oxygen atoms in total. The Balaban J connectivity index is 1.50. The zero-order valence-corrected chi connectivity index (χ0v) is 13.5. The standard InChI is InChI=1S/C16H12ClF3N4O/c17-14-6-12(15-21-3-4-24(15)23-14)10-5-11(10)13-2-1-9(7-22-13)25-8-16(18,19)20/h1-4,6-7,10-11H,5,8H2/t10-,11-/m0/s1. The first-order chi connectivity index (χ1) is 11.9. The van der Waals surface area contributed by atoms with Crippen LogP contribution in [0.2, 0.25) is 5.15 Å². The lowest BCUT2D eigenvalue weighted by Crippen LogP contribution is -2.19. The molecule has 3 aromatic rings. The maximum absolute atomic E-state index is 12.2. The molecule has 3 aromatic heterocycles. The van der Waals surface area contributed by atoms with Crippen LogP contribution >= 0.6 is 11.6 Å². The minimum atomic E-state index is -4.36. The van der Waals surface area contributed by atoms with Crippen LogP contribution in [-0.2, 0) is 0 Å². The van der Waals surface area contributed by atoms with Crippen molar-refractivity contribution in [2.45, 2.75) is 24.4 Å². The molecule has 0 amide bonds. The molecular formula is C16H12ClF3N4O. The number of halogens is 4. The number of nitrogens with zero attached hydrogens (tertiary/aromatic N) is 4. The molecule has 0 aliphatic heterocycles. The van der Waals surface area contributed by atoms with Crippen LogP contribution in [0.4, 0.5) is 13.2 Å². The van der Waals surface area contributed by atoms with Gasteiger partial charge in [0, 0.05) is 29.6 Å². The minimum Gasteiger partial charge on any atom is -0.483 e. The van der Waals surface area contributed by atoms with Gasteiger partial charge in [0.2, 0.25) is 0 Å². The van der Waals surface area contributed by atoms with E-state index in [9.17, 15) is 13.2 Å². The fourth-order valence-corrected chi connectivity index (χ4v) is 3.11. The van der Waals surface area contributed by atoms with Gasteiger partial charge in [-0.25, -0.2) is 9.50 Å². The Morgan fingerprint density at radius 3 is 2.80 bits per heavy atom. The summed E-state index contributed by atoms with van der Waals surface area (Å²) in [6.07, 6.45) is 1.22. The van der Waals surface area contributed by atoms with Crippen molar-refractivity contribution in [3.8, 4) is 5.75 Å². The molecule has 130 valence electrons. The van der Waals surface area contributed by atoms with Crippen molar-refractivity contribution in [2.75, 3.05) is 6.61 Å². The number of alkyl halides is 3. The normalized spacial score (nSPS) is 20.0. The molecule has 0 bridgehead atoms. The van der Waals surface area contributed by atoms with Crippen LogP contribution in [0.25, 0.3) is 5.65 Å². The molecule has 0 spiro atoms. The molecular weight excluding hydrogens is 357 g/mol. The van der Waals surface area contributed by atoms with Gasteiger partial charge in [-0.3, -0.25) is 4.98 Å². The first kappa shape index (κ1) is 16.1. The molecule has 9 heteroatoms.